The Bertz CT molecular complexity index is 820. The second kappa shape index (κ2) is 5.76. The molecule has 1 aliphatic rings. The number of piperazine rings is 1. The molecule has 116 valence electrons. The number of aromatic nitrogens is 1. The number of hydrogen-bond donors (Lipinski definition) is 0. The molecule has 0 unspecified atom stereocenters. The first-order chi connectivity index (χ1) is 11.3. The Kier molecular flexibility index (Phi) is 3.46. The fourth-order valence-electron chi connectivity index (χ4n) is 2.98. The van der Waals surface area contributed by atoms with Gasteiger partial charge >= 0.3 is 0 Å². The van der Waals surface area contributed by atoms with E-state index in [2.05, 4.69) is 22.0 Å². The molecule has 0 saturated carbocycles. The molecule has 2 heterocycles. The van der Waals surface area contributed by atoms with Crippen LogP contribution in [0.4, 0.5) is 5.69 Å². The van der Waals surface area contributed by atoms with E-state index in [-0.39, 0.29) is 5.91 Å². The van der Waals surface area contributed by atoms with Gasteiger partial charge in [-0.1, -0.05) is 18.2 Å². The Morgan fingerprint density at radius 2 is 1.78 bits per heavy atom. The van der Waals surface area contributed by atoms with Crippen molar-refractivity contribution in [2.45, 2.75) is 0 Å². The molecular weight excluding hydrogens is 290 g/mol. The van der Waals surface area contributed by atoms with Crippen molar-refractivity contribution in [1.29, 1.82) is 0 Å². The molecule has 0 atom stereocenters. The van der Waals surface area contributed by atoms with Gasteiger partial charge in [-0.05, 0) is 30.3 Å². The number of benzene rings is 2. The molecule has 1 saturated heterocycles. The first-order valence-electron chi connectivity index (χ1n) is 7.74. The van der Waals surface area contributed by atoms with Gasteiger partial charge in [-0.2, -0.15) is 0 Å². The van der Waals surface area contributed by atoms with E-state index < -0.39 is 0 Å². The minimum Gasteiger partial charge on any atom is -0.443 e. The molecule has 1 aromatic heterocycles. The van der Waals surface area contributed by atoms with Gasteiger partial charge in [-0.3, -0.25) is 4.79 Å². The quantitative estimate of drug-likeness (QED) is 0.730. The van der Waals surface area contributed by atoms with Gasteiger partial charge in [0, 0.05) is 37.4 Å². The van der Waals surface area contributed by atoms with Crippen molar-refractivity contribution in [2.75, 3.05) is 31.1 Å². The lowest BCUT2D eigenvalue weighted by atomic mass is 10.1. The lowest BCUT2D eigenvalue weighted by molar-refractivity contribution is 0.0747. The molecule has 0 bridgehead atoms. The predicted octanol–water partition coefficient (Wildman–Crippen LogP) is 2.79. The van der Waals surface area contributed by atoms with Gasteiger partial charge in [0.15, 0.2) is 12.0 Å². The van der Waals surface area contributed by atoms with Crippen LogP contribution in [0.2, 0.25) is 0 Å². The Morgan fingerprint density at radius 3 is 2.57 bits per heavy atom. The van der Waals surface area contributed by atoms with Crippen molar-refractivity contribution >= 4 is 22.7 Å². The first-order valence-corrected chi connectivity index (χ1v) is 7.74. The third-order valence-electron chi connectivity index (χ3n) is 4.27. The summed E-state index contributed by atoms with van der Waals surface area (Å²) in [7, 11) is 0. The van der Waals surface area contributed by atoms with E-state index in [0.29, 0.717) is 11.1 Å². The van der Waals surface area contributed by atoms with Gasteiger partial charge in [-0.25, -0.2) is 4.98 Å². The zero-order valence-electron chi connectivity index (χ0n) is 12.7. The SMILES string of the molecule is O=C(c1ccc2ocnc2c1)N1CCN(c2ccccc2)CC1. The van der Waals surface area contributed by atoms with Crippen molar-refractivity contribution in [1.82, 2.24) is 9.88 Å². The molecule has 0 N–H and O–H groups in total. The number of para-hydroxylation sites is 1. The van der Waals surface area contributed by atoms with Crippen LogP contribution in [0, 0.1) is 0 Å². The lowest BCUT2D eigenvalue weighted by Crippen LogP contribution is -2.48. The molecule has 23 heavy (non-hydrogen) atoms. The largest absolute Gasteiger partial charge is 0.443 e. The van der Waals surface area contributed by atoms with E-state index in [1.807, 2.05) is 23.1 Å². The molecular formula is C18H17N3O2. The highest BCUT2D eigenvalue weighted by molar-refractivity contribution is 5.97. The maximum atomic E-state index is 12.7. The van der Waals surface area contributed by atoms with Crippen molar-refractivity contribution in [2.24, 2.45) is 0 Å². The third-order valence-corrected chi connectivity index (χ3v) is 4.27. The number of amides is 1. The fourth-order valence-corrected chi connectivity index (χ4v) is 2.98. The highest BCUT2D eigenvalue weighted by atomic mass is 16.3. The van der Waals surface area contributed by atoms with Crippen LogP contribution >= 0.6 is 0 Å². The molecule has 0 aliphatic carbocycles. The summed E-state index contributed by atoms with van der Waals surface area (Å²) in [6.45, 7) is 3.15. The van der Waals surface area contributed by atoms with E-state index >= 15 is 0 Å². The van der Waals surface area contributed by atoms with Crippen molar-refractivity contribution < 1.29 is 9.21 Å². The molecule has 1 fully saturated rings. The second-order valence-corrected chi connectivity index (χ2v) is 5.65. The number of hydrogen-bond acceptors (Lipinski definition) is 4. The Hall–Kier alpha value is -2.82. The second-order valence-electron chi connectivity index (χ2n) is 5.65. The topological polar surface area (TPSA) is 49.6 Å². The number of fused-ring (bicyclic) bond motifs is 1. The average Bonchev–Trinajstić information content (AvgIpc) is 3.10. The summed E-state index contributed by atoms with van der Waals surface area (Å²) in [4.78, 5) is 21.0. The zero-order chi connectivity index (χ0) is 15.6. The van der Waals surface area contributed by atoms with Crippen LogP contribution < -0.4 is 4.90 Å². The van der Waals surface area contributed by atoms with E-state index in [1.165, 1.54) is 12.1 Å². The molecule has 3 aromatic rings. The summed E-state index contributed by atoms with van der Waals surface area (Å²) in [5, 5.41) is 0. The minimum atomic E-state index is 0.0580. The van der Waals surface area contributed by atoms with Crippen molar-refractivity contribution in [3.05, 3.63) is 60.5 Å². The number of rotatable bonds is 2. The van der Waals surface area contributed by atoms with Gasteiger partial charge in [0.05, 0.1) is 0 Å². The maximum absolute atomic E-state index is 12.7. The van der Waals surface area contributed by atoms with Gasteiger partial charge in [0.1, 0.15) is 5.52 Å². The number of carbonyl (C=O) groups is 1. The summed E-state index contributed by atoms with van der Waals surface area (Å²) in [6, 6.07) is 15.7. The van der Waals surface area contributed by atoms with Crippen LogP contribution in [-0.4, -0.2) is 42.0 Å². The maximum Gasteiger partial charge on any atom is 0.254 e. The summed E-state index contributed by atoms with van der Waals surface area (Å²) in [6.07, 6.45) is 1.40. The Balaban J connectivity index is 1.46. The highest BCUT2D eigenvalue weighted by Gasteiger charge is 2.22. The van der Waals surface area contributed by atoms with Gasteiger partial charge in [0.25, 0.3) is 5.91 Å². The van der Waals surface area contributed by atoms with Gasteiger partial charge < -0.3 is 14.2 Å². The molecule has 5 heteroatoms. The smallest absolute Gasteiger partial charge is 0.254 e. The van der Waals surface area contributed by atoms with Crippen LogP contribution in [0.5, 0.6) is 0 Å². The Morgan fingerprint density at radius 1 is 1.00 bits per heavy atom. The highest BCUT2D eigenvalue weighted by Crippen LogP contribution is 2.19. The number of carbonyl (C=O) groups excluding carboxylic acids is 1. The van der Waals surface area contributed by atoms with E-state index in [0.717, 1.165) is 31.7 Å². The fraction of sp³-hybridized carbons (Fsp3) is 0.222. The molecule has 5 nitrogen and oxygen atoms in total. The van der Waals surface area contributed by atoms with E-state index in [4.69, 9.17) is 4.42 Å². The number of nitrogens with zero attached hydrogens (tertiary/aromatic N) is 3. The van der Waals surface area contributed by atoms with E-state index in [1.54, 1.807) is 18.2 Å². The summed E-state index contributed by atoms with van der Waals surface area (Å²) >= 11 is 0. The van der Waals surface area contributed by atoms with Crippen LogP contribution in [0.1, 0.15) is 10.4 Å². The third kappa shape index (κ3) is 2.65. The van der Waals surface area contributed by atoms with Crippen molar-refractivity contribution in [3.63, 3.8) is 0 Å². The monoisotopic (exact) mass is 307 g/mol. The lowest BCUT2D eigenvalue weighted by Gasteiger charge is -2.36. The zero-order valence-corrected chi connectivity index (χ0v) is 12.7. The molecule has 2 aromatic carbocycles. The van der Waals surface area contributed by atoms with Gasteiger partial charge in [0.2, 0.25) is 0 Å². The predicted molar refractivity (Wildman–Crippen MR) is 88.6 cm³/mol. The van der Waals surface area contributed by atoms with Crippen LogP contribution in [-0.2, 0) is 0 Å². The van der Waals surface area contributed by atoms with Crippen LogP contribution in [0.3, 0.4) is 0 Å². The Labute approximate surface area is 134 Å². The van der Waals surface area contributed by atoms with Crippen molar-refractivity contribution in [3.8, 4) is 0 Å². The van der Waals surface area contributed by atoms with Crippen LogP contribution in [0.15, 0.2) is 59.3 Å². The van der Waals surface area contributed by atoms with Crippen LogP contribution in [0.25, 0.3) is 11.1 Å². The standard InChI is InChI=1S/C18H17N3O2/c22-18(14-6-7-17-16(12-14)19-13-23-17)21-10-8-20(9-11-21)15-4-2-1-3-5-15/h1-7,12-13H,8-11H2. The van der Waals surface area contributed by atoms with Gasteiger partial charge in [-0.15, -0.1) is 0 Å². The summed E-state index contributed by atoms with van der Waals surface area (Å²) < 4.78 is 5.22. The summed E-state index contributed by atoms with van der Waals surface area (Å²) in [5.74, 6) is 0.0580. The molecule has 1 amide bonds. The molecule has 0 radical (unpaired) electrons. The number of oxazole rings is 1. The van der Waals surface area contributed by atoms with E-state index in [9.17, 15) is 4.79 Å². The average molecular weight is 307 g/mol. The number of anilines is 1. The minimum absolute atomic E-state index is 0.0580. The molecule has 4 rings (SSSR count). The first kappa shape index (κ1) is 13.8. The summed E-state index contributed by atoms with van der Waals surface area (Å²) in [5.41, 5.74) is 3.30. The molecule has 1 aliphatic heterocycles. The molecule has 0 spiro atoms. The normalized spacial score (nSPS) is 15.1.